The number of carbonyl (C=O) groups excluding carboxylic acids is 1. The van der Waals surface area contributed by atoms with Crippen LogP contribution in [0.3, 0.4) is 0 Å². The smallest absolute Gasteiger partial charge is 0.338 e. The molecule has 1 atom stereocenters. The molecule has 1 aliphatic rings. The normalized spacial score (nSPS) is 14.8. The third-order valence-electron chi connectivity index (χ3n) is 7.12. The Morgan fingerprint density at radius 1 is 1.05 bits per heavy atom. The van der Waals surface area contributed by atoms with Crippen LogP contribution in [0.15, 0.2) is 106 Å². The summed E-state index contributed by atoms with van der Waals surface area (Å²) < 4.78 is 28.1. The van der Waals surface area contributed by atoms with Crippen LogP contribution in [-0.4, -0.2) is 34.0 Å². The summed E-state index contributed by atoms with van der Waals surface area (Å²) in [7, 11) is 1.58. The number of ether oxygens (including phenoxy) is 2. The van der Waals surface area contributed by atoms with Gasteiger partial charge in [0.2, 0.25) is 0 Å². The number of nitrogens with zero attached hydrogens (tertiary/aromatic N) is 4. The summed E-state index contributed by atoms with van der Waals surface area (Å²) in [5, 5.41) is 4.79. The number of hydrogen-bond acceptors (Lipinski definition) is 7. The predicted molar refractivity (Wildman–Crippen MR) is 162 cm³/mol. The average Bonchev–Trinajstić information content (AvgIpc) is 3.58. The lowest BCUT2D eigenvalue weighted by molar-refractivity contribution is -0.139. The van der Waals surface area contributed by atoms with Crippen molar-refractivity contribution >= 4 is 23.4 Å². The van der Waals surface area contributed by atoms with Crippen molar-refractivity contribution in [3.63, 3.8) is 0 Å². The van der Waals surface area contributed by atoms with Gasteiger partial charge in [-0.05, 0) is 74.0 Å². The fourth-order valence-corrected chi connectivity index (χ4v) is 6.11. The summed E-state index contributed by atoms with van der Waals surface area (Å²) in [6.07, 6.45) is 3.60. The van der Waals surface area contributed by atoms with E-state index in [0.717, 1.165) is 11.3 Å². The molecule has 10 heteroatoms. The number of hydrogen-bond donors (Lipinski definition) is 0. The van der Waals surface area contributed by atoms with E-state index in [9.17, 15) is 14.0 Å². The Hall–Kier alpha value is -5.09. The first-order valence-corrected chi connectivity index (χ1v) is 14.4. The van der Waals surface area contributed by atoms with Crippen LogP contribution in [0.1, 0.15) is 31.0 Å². The van der Waals surface area contributed by atoms with Gasteiger partial charge in [0, 0.05) is 17.3 Å². The molecule has 6 rings (SSSR count). The lowest BCUT2D eigenvalue weighted by Gasteiger charge is -2.24. The van der Waals surface area contributed by atoms with Gasteiger partial charge in [-0.2, -0.15) is 5.10 Å². The number of aromatic nitrogens is 3. The zero-order chi connectivity index (χ0) is 30.1. The Morgan fingerprint density at radius 3 is 2.44 bits per heavy atom. The highest BCUT2D eigenvalue weighted by molar-refractivity contribution is 7.07. The molecule has 8 nitrogen and oxygen atoms in total. The maximum absolute atomic E-state index is 14.1. The molecule has 43 heavy (non-hydrogen) atoms. The number of carbonyl (C=O) groups is 1. The summed E-state index contributed by atoms with van der Waals surface area (Å²) >= 11 is 1.23. The van der Waals surface area contributed by atoms with Crippen molar-refractivity contribution in [1.82, 2.24) is 14.3 Å². The van der Waals surface area contributed by atoms with Crippen LogP contribution in [0.25, 0.3) is 23.0 Å². The second kappa shape index (κ2) is 11.7. The van der Waals surface area contributed by atoms with E-state index in [1.807, 2.05) is 48.7 Å². The summed E-state index contributed by atoms with van der Waals surface area (Å²) in [6, 6.07) is 22.1. The van der Waals surface area contributed by atoms with E-state index in [4.69, 9.17) is 14.6 Å². The molecular weight excluding hydrogens is 567 g/mol. The molecule has 1 aliphatic heterocycles. The second-order valence-corrected chi connectivity index (χ2v) is 10.8. The molecule has 0 aliphatic carbocycles. The van der Waals surface area contributed by atoms with Gasteiger partial charge in [0.25, 0.3) is 5.56 Å². The highest BCUT2D eigenvalue weighted by Gasteiger charge is 2.33. The molecule has 0 bridgehead atoms. The quantitative estimate of drug-likeness (QED) is 0.253. The van der Waals surface area contributed by atoms with Crippen molar-refractivity contribution in [2.24, 2.45) is 4.99 Å². The van der Waals surface area contributed by atoms with Gasteiger partial charge < -0.3 is 9.47 Å². The topological polar surface area (TPSA) is 87.7 Å². The molecule has 0 amide bonds. The fourth-order valence-electron chi connectivity index (χ4n) is 5.07. The first-order chi connectivity index (χ1) is 20.9. The number of benzene rings is 3. The van der Waals surface area contributed by atoms with Crippen LogP contribution >= 0.6 is 11.3 Å². The summed E-state index contributed by atoms with van der Waals surface area (Å²) in [6.45, 7) is 3.67. The summed E-state index contributed by atoms with van der Waals surface area (Å²) in [4.78, 5) is 32.4. The Bertz CT molecular complexity index is 2030. The van der Waals surface area contributed by atoms with Crippen LogP contribution in [0.4, 0.5) is 4.39 Å². The van der Waals surface area contributed by atoms with Gasteiger partial charge in [-0.25, -0.2) is 18.9 Å². The Labute approximate surface area is 250 Å². The minimum absolute atomic E-state index is 0.187. The monoisotopic (exact) mass is 594 g/mol. The minimum Gasteiger partial charge on any atom is -0.497 e. The van der Waals surface area contributed by atoms with Gasteiger partial charge in [-0.15, -0.1) is 0 Å². The third kappa shape index (κ3) is 5.32. The largest absolute Gasteiger partial charge is 0.497 e. The van der Waals surface area contributed by atoms with E-state index in [-0.39, 0.29) is 18.0 Å². The zero-order valence-electron chi connectivity index (χ0n) is 23.7. The number of methoxy groups -OCH3 is 1. The third-order valence-corrected chi connectivity index (χ3v) is 8.10. The van der Waals surface area contributed by atoms with Gasteiger partial charge in [-0.1, -0.05) is 41.7 Å². The van der Waals surface area contributed by atoms with Crippen LogP contribution in [0.5, 0.6) is 5.75 Å². The van der Waals surface area contributed by atoms with Crippen LogP contribution < -0.4 is 19.6 Å². The van der Waals surface area contributed by atoms with Crippen molar-refractivity contribution in [2.45, 2.75) is 19.9 Å². The van der Waals surface area contributed by atoms with E-state index in [1.54, 1.807) is 56.0 Å². The number of thiazole rings is 1. The van der Waals surface area contributed by atoms with Gasteiger partial charge in [0.15, 0.2) is 4.80 Å². The van der Waals surface area contributed by atoms with E-state index < -0.39 is 12.0 Å². The first-order valence-electron chi connectivity index (χ1n) is 13.6. The number of halogens is 1. The minimum atomic E-state index is -0.744. The van der Waals surface area contributed by atoms with Gasteiger partial charge >= 0.3 is 5.97 Å². The first kappa shape index (κ1) is 28.0. The molecule has 3 heterocycles. The molecule has 2 aromatic heterocycles. The van der Waals surface area contributed by atoms with Crippen molar-refractivity contribution in [3.8, 4) is 22.7 Å². The lowest BCUT2D eigenvalue weighted by atomic mass is 9.96. The molecular formula is C33H27FN4O4S. The molecule has 216 valence electrons. The van der Waals surface area contributed by atoms with E-state index in [2.05, 4.69) is 4.99 Å². The lowest BCUT2D eigenvalue weighted by Crippen LogP contribution is -2.39. The van der Waals surface area contributed by atoms with E-state index in [0.29, 0.717) is 43.2 Å². The van der Waals surface area contributed by atoms with Crippen molar-refractivity contribution in [3.05, 3.63) is 133 Å². The highest BCUT2D eigenvalue weighted by atomic mass is 32.1. The molecule has 0 unspecified atom stereocenters. The molecule has 3 aromatic carbocycles. The van der Waals surface area contributed by atoms with Gasteiger partial charge in [-0.3, -0.25) is 9.36 Å². The van der Waals surface area contributed by atoms with Crippen molar-refractivity contribution in [1.29, 1.82) is 0 Å². The molecule has 0 spiro atoms. The standard InChI is InChI=1S/C33H27FN4O4S/c1-4-42-32(40)28-20(2)35-33-38(30(28)22-12-16-26(41-3)17-13-22)31(39)27(43-33)18-23-19-37(25-8-6-5-7-9-25)36-29(23)21-10-14-24(34)15-11-21/h5-19,30H,4H2,1-3H3/b27-18-/t30-/m0/s1. The maximum atomic E-state index is 14.1. The van der Waals surface area contributed by atoms with Crippen molar-refractivity contribution < 1.29 is 18.7 Å². The fraction of sp³-hybridized carbons (Fsp3) is 0.152. The second-order valence-electron chi connectivity index (χ2n) is 9.80. The Kier molecular flexibility index (Phi) is 7.60. The number of rotatable bonds is 7. The Morgan fingerprint density at radius 2 is 1.77 bits per heavy atom. The van der Waals surface area contributed by atoms with E-state index in [1.165, 1.54) is 28.0 Å². The number of allylic oxidation sites excluding steroid dienone is 1. The molecule has 0 saturated heterocycles. The maximum Gasteiger partial charge on any atom is 0.338 e. The number of para-hydroxylation sites is 1. The van der Waals surface area contributed by atoms with E-state index >= 15 is 0 Å². The highest BCUT2D eigenvalue weighted by Crippen LogP contribution is 2.32. The van der Waals surface area contributed by atoms with Gasteiger partial charge in [0.1, 0.15) is 17.3 Å². The van der Waals surface area contributed by atoms with Crippen LogP contribution in [-0.2, 0) is 9.53 Å². The molecule has 0 N–H and O–H groups in total. The summed E-state index contributed by atoms with van der Waals surface area (Å²) in [5.74, 6) is -0.229. The summed E-state index contributed by atoms with van der Waals surface area (Å²) in [5.41, 5.74) is 3.98. The average molecular weight is 595 g/mol. The zero-order valence-corrected chi connectivity index (χ0v) is 24.5. The van der Waals surface area contributed by atoms with Gasteiger partial charge in [0.05, 0.1) is 41.2 Å². The molecule has 5 aromatic rings. The predicted octanol–water partition coefficient (Wildman–Crippen LogP) is 4.80. The van der Waals surface area contributed by atoms with Crippen LogP contribution in [0.2, 0.25) is 0 Å². The van der Waals surface area contributed by atoms with Crippen LogP contribution in [0, 0.1) is 5.82 Å². The number of fused-ring (bicyclic) bond motifs is 1. The molecule has 0 fully saturated rings. The SMILES string of the molecule is CCOC(=O)C1=C(C)N=c2s/c(=C\c3cn(-c4ccccc4)nc3-c3ccc(F)cc3)c(=O)n2[C@H]1c1ccc(OC)cc1. The molecule has 0 saturated carbocycles. The Balaban J connectivity index is 1.55. The van der Waals surface area contributed by atoms with Crippen molar-refractivity contribution in [2.75, 3.05) is 13.7 Å². The number of esters is 1. The molecule has 0 radical (unpaired) electrons.